The summed E-state index contributed by atoms with van der Waals surface area (Å²) < 4.78 is 0. The van der Waals surface area contributed by atoms with E-state index in [1.54, 1.807) is 12.4 Å². The molecule has 5 heteroatoms. The van der Waals surface area contributed by atoms with Gasteiger partial charge in [0.2, 0.25) is 5.95 Å². The maximum absolute atomic E-state index is 6.08. The molecule has 15 heavy (non-hydrogen) atoms. The van der Waals surface area contributed by atoms with E-state index in [2.05, 4.69) is 20.1 Å². The molecule has 1 aromatic heterocycles. The quantitative estimate of drug-likeness (QED) is 0.701. The summed E-state index contributed by atoms with van der Waals surface area (Å²) in [4.78, 5) is 6.43. The first-order valence-electron chi connectivity index (χ1n) is 5.49. The number of rotatable bonds is 1. The zero-order chi connectivity index (χ0) is 10.3. The average molecular weight is 205 g/mol. The lowest BCUT2D eigenvalue weighted by Crippen LogP contribution is -2.30. The Kier molecular flexibility index (Phi) is 2.05. The summed E-state index contributed by atoms with van der Waals surface area (Å²) in [7, 11) is 0. The molecule has 2 fully saturated rings. The van der Waals surface area contributed by atoms with Crippen molar-refractivity contribution >= 4 is 5.95 Å². The Morgan fingerprint density at radius 1 is 1.27 bits per heavy atom. The zero-order valence-electron chi connectivity index (χ0n) is 8.58. The highest BCUT2D eigenvalue weighted by molar-refractivity contribution is 5.31. The third-order valence-corrected chi connectivity index (χ3v) is 3.67. The summed E-state index contributed by atoms with van der Waals surface area (Å²) in [6.07, 6.45) is 5.72. The molecule has 1 aliphatic carbocycles. The molecule has 5 nitrogen and oxygen atoms in total. The largest absolute Gasteiger partial charge is 0.339 e. The minimum atomic E-state index is 0.372. The highest BCUT2D eigenvalue weighted by Gasteiger charge is 2.41. The monoisotopic (exact) mass is 205 g/mol. The molecule has 0 unspecified atom stereocenters. The molecule has 1 aliphatic heterocycles. The maximum Gasteiger partial charge on any atom is 0.245 e. The van der Waals surface area contributed by atoms with Gasteiger partial charge in [-0.1, -0.05) is 0 Å². The van der Waals surface area contributed by atoms with Gasteiger partial charge in [0.15, 0.2) is 0 Å². The van der Waals surface area contributed by atoms with Crippen molar-refractivity contribution in [2.24, 2.45) is 17.6 Å². The van der Waals surface area contributed by atoms with Crippen LogP contribution in [0.2, 0.25) is 0 Å². The minimum absolute atomic E-state index is 0.372. The lowest BCUT2D eigenvalue weighted by atomic mass is 9.98. The second-order valence-corrected chi connectivity index (χ2v) is 4.51. The van der Waals surface area contributed by atoms with E-state index in [1.165, 1.54) is 12.8 Å². The molecule has 2 N–H and O–H groups in total. The Morgan fingerprint density at radius 3 is 2.93 bits per heavy atom. The number of hydrogen-bond acceptors (Lipinski definition) is 5. The van der Waals surface area contributed by atoms with Crippen molar-refractivity contribution < 1.29 is 0 Å². The first-order chi connectivity index (χ1) is 7.34. The van der Waals surface area contributed by atoms with Crippen LogP contribution in [-0.2, 0) is 0 Å². The van der Waals surface area contributed by atoms with Gasteiger partial charge >= 0.3 is 0 Å². The van der Waals surface area contributed by atoms with Crippen molar-refractivity contribution in [2.45, 2.75) is 18.9 Å². The fraction of sp³-hybridized carbons (Fsp3) is 0.700. The topological polar surface area (TPSA) is 67.9 Å². The second-order valence-electron chi connectivity index (χ2n) is 4.51. The number of aromatic nitrogens is 3. The van der Waals surface area contributed by atoms with Crippen LogP contribution in [0.5, 0.6) is 0 Å². The van der Waals surface area contributed by atoms with Crippen molar-refractivity contribution in [1.82, 2.24) is 15.2 Å². The van der Waals surface area contributed by atoms with Gasteiger partial charge in [-0.3, -0.25) is 0 Å². The Morgan fingerprint density at radius 2 is 2.20 bits per heavy atom. The number of nitrogens with two attached hydrogens (primary N) is 1. The van der Waals surface area contributed by atoms with Crippen molar-refractivity contribution in [3.8, 4) is 0 Å². The Labute approximate surface area is 88.7 Å². The normalized spacial score (nSPS) is 34.5. The SMILES string of the molecule is N[C@H]1CC[C@@H]2CN(c3nccnn3)C[C@@H]21. The number of anilines is 1. The predicted octanol–water partition coefficient (Wildman–Crippen LogP) is 0.0451. The summed E-state index contributed by atoms with van der Waals surface area (Å²) in [5.41, 5.74) is 6.08. The Bertz CT molecular complexity index is 341. The summed E-state index contributed by atoms with van der Waals surface area (Å²) in [5.74, 6) is 2.12. The Balaban J connectivity index is 1.77. The van der Waals surface area contributed by atoms with E-state index in [0.717, 1.165) is 25.0 Å². The summed E-state index contributed by atoms with van der Waals surface area (Å²) in [5, 5.41) is 7.89. The van der Waals surface area contributed by atoms with Crippen LogP contribution in [-0.4, -0.2) is 34.3 Å². The molecule has 2 aliphatic rings. The molecule has 1 saturated heterocycles. The van der Waals surface area contributed by atoms with Gasteiger partial charge in [0.05, 0.1) is 12.4 Å². The fourth-order valence-electron chi connectivity index (χ4n) is 2.86. The summed E-state index contributed by atoms with van der Waals surface area (Å²) in [6, 6.07) is 0.372. The van der Waals surface area contributed by atoms with E-state index in [-0.39, 0.29) is 0 Å². The van der Waals surface area contributed by atoms with E-state index >= 15 is 0 Å². The van der Waals surface area contributed by atoms with Crippen molar-refractivity contribution in [3.05, 3.63) is 12.4 Å². The standard InChI is InChI=1S/C10H15N5/c11-9-2-1-7-5-15(6-8(7)9)10-12-3-4-13-14-10/h3-4,7-9H,1-2,5-6,11H2/t7-,8+,9+/m1/s1. The molecule has 0 bridgehead atoms. The van der Waals surface area contributed by atoms with E-state index < -0.39 is 0 Å². The molecular weight excluding hydrogens is 190 g/mol. The zero-order valence-corrected chi connectivity index (χ0v) is 8.58. The van der Waals surface area contributed by atoms with Crippen LogP contribution in [0.3, 0.4) is 0 Å². The van der Waals surface area contributed by atoms with E-state index in [4.69, 9.17) is 5.73 Å². The van der Waals surface area contributed by atoms with Crippen molar-refractivity contribution in [1.29, 1.82) is 0 Å². The smallest absolute Gasteiger partial charge is 0.245 e. The molecule has 0 aromatic carbocycles. The summed E-state index contributed by atoms with van der Waals surface area (Å²) in [6.45, 7) is 2.04. The van der Waals surface area contributed by atoms with Crippen LogP contribution < -0.4 is 10.6 Å². The first-order valence-corrected chi connectivity index (χ1v) is 5.49. The van der Waals surface area contributed by atoms with Crippen LogP contribution in [0.4, 0.5) is 5.95 Å². The lowest BCUT2D eigenvalue weighted by molar-refractivity contribution is 0.453. The van der Waals surface area contributed by atoms with Crippen LogP contribution in [0.1, 0.15) is 12.8 Å². The fourth-order valence-corrected chi connectivity index (χ4v) is 2.86. The molecule has 1 aromatic rings. The molecule has 80 valence electrons. The predicted molar refractivity (Wildman–Crippen MR) is 56.2 cm³/mol. The van der Waals surface area contributed by atoms with Gasteiger partial charge in [0.1, 0.15) is 0 Å². The van der Waals surface area contributed by atoms with Gasteiger partial charge in [0, 0.05) is 19.1 Å². The van der Waals surface area contributed by atoms with Gasteiger partial charge in [-0.05, 0) is 24.7 Å². The third kappa shape index (κ3) is 1.47. The van der Waals surface area contributed by atoms with E-state index in [9.17, 15) is 0 Å². The molecule has 0 amide bonds. The van der Waals surface area contributed by atoms with E-state index in [1.807, 2.05) is 0 Å². The average Bonchev–Trinajstić information content (AvgIpc) is 2.83. The van der Waals surface area contributed by atoms with Crippen LogP contribution in [0.25, 0.3) is 0 Å². The first kappa shape index (κ1) is 9.03. The minimum Gasteiger partial charge on any atom is -0.339 e. The molecule has 3 rings (SSSR count). The van der Waals surface area contributed by atoms with Gasteiger partial charge in [-0.2, -0.15) is 5.10 Å². The third-order valence-electron chi connectivity index (χ3n) is 3.67. The van der Waals surface area contributed by atoms with Crippen LogP contribution in [0.15, 0.2) is 12.4 Å². The van der Waals surface area contributed by atoms with Gasteiger partial charge in [-0.15, -0.1) is 5.10 Å². The Hall–Kier alpha value is -1.23. The number of nitrogens with zero attached hydrogens (tertiary/aromatic N) is 4. The maximum atomic E-state index is 6.08. The van der Waals surface area contributed by atoms with Crippen LogP contribution >= 0.6 is 0 Å². The molecule has 0 spiro atoms. The number of fused-ring (bicyclic) bond motifs is 1. The lowest BCUT2D eigenvalue weighted by Gasteiger charge is -2.17. The highest BCUT2D eigenvalue weighted by Crippen LogP contribution is 2.37. The van der Waals surface area contributed by atoms with E-state index in [0.29, 0.717) is 12.0 Å². The molecule has 1 saturated carbocycles. The van der Waals surface area contributed by atoms with Gasteiger partial charge in [0.25, 0.3) is 0 Å². The van der Waals surface area contributed by atoms with Gasteiger partial charge < -0.3 is 10.6 Å². The second kappa shape index (κ2) is 3.41. The molecule has 2 heterocycles. The number of hydrogen-bond donors (Lipinski definition) is 1. The molecule has 0 radical (unpaired) electrons. The highest BCUT2D eigenvalue weighted by atomic mass is 15.3. The van der Waals surface area contributed by atoms with Crippen molar-refractivity contribution in [3.63, 3.8) is 0 Å². The molecule has 3 atom stereocenters. The van der Waals surface area contributed by atoms with Crippen LogP contribution in [0, 0.1) is 11.8 Å². The van der Waals surface area contributed by atoms with Crippen molar-refractivity contribution in [2.75, 3.05) is 18.0 Å². The molecular formula is C10H15N5. The van der Waals surface area contributed by atoms with Gasteiger partial charge in [-0.25, -0.2) is 4.98 Å². The summed E-state index contributed by atoms with van der Waals surface area (Å²) >= 11 is 0.